The van der Waals surface area contributed by atoms with E-state index in [0.717, 1.165) is 24.4 Å². The van der Waals surface area contributed by atoms with Crippen LogP contribution in [-0.4, -0.2) is 10.5 Å². The van der Waals surface area contributed by atoms with Crippen LogP contribution < -0.4 is 9.67 Å². The minimum atomic E-state index is -1.02. The molecule has 1 rings (SSSR count). The molecule has 4 nitrogen and oxygen atoms in total. The van der Waals surface area contributed by atoms with E-state index in [1.54, 1.807) is 6.92 Å². The second-order valence-electron chi connectivity index (χ2n) is 7.08. The van der Waals surface area contributed by atoms with E-state index in [1.165, 1.54) is 57.8 Å². The molecular formula is C20H36N2O2. The average Bonchev–Trinajstić information content (AvgIpc) is 2.83. The smallest absolute Gasteiger partial charge is 0.256 e. The molecule has 0 bridgehead atoms. The van der Waals surface area contributed by atoms with Gasteiger partial charge in [0.2, 0.25) is 0 Å². The number of nitrogens with zero attached hydrogens (tertiary/aromatic N) is 2. The second-order valence-corrected chi connectivity index (χ2v) is 7.08. The first-order valence-corrected chi connectivity index (χ1v) is 9.76. The lowest BCUT2D eigenvalue weighted by Gasteiger charge is -2.11. The first-order chi connectivity index (χ1) is 11.5. The molecule has 1 aromatic rings. The Morgan fingerprint density at radius 1 is 1.08 bits per heavy atom. The van der Waals surface area contributed by atoms with Gasteiger partial charge >= 0.3 is 0 Å². The molecule has 0 fully saturated rings. The van der Waals surface area contributed by atoms with E-state index in [0.29, 0.717) is 0 Å². The SMILES string of the molecule is CCCCCCCCCCCCc1n(C)c(C)c[n+]1C(C)C(=O)[O-]. The van der Waals surface area contributed by atoms with Gasteiger partial charge in [0.25, 0.3) is 5.82 Å². The van der Waals surface area contributed by atoms with Gasteiger partial charge in [-0.1, -0.05) is 64.7 Å². The Kier molecular flexibility index (Phi) is 9.73. The molecule has 0 saturated carbocycles. The Labute approximate surface area is 147 Å². The number of aryl methyl sites for hydroxylation is 1. The zero-order valence-corrected chi connectivity index (χ0v) is 16.1. The highest BCUT2D eigenvalue weighted by atomic mass is 16.4. The van der Waals surface area contributed by atoms with Crippen molar-refractivity contribution < 1.29 is 14.5 Å². The summed E-state index contributed by atoms with van der Waals surface area (Å²) < 4.78 is 3.96. The molecule has 0 spiro atoms. The number of imidazole rings is 1. The monoisotopic (exact) mass is 336 g/mol. The van der Waals surface area contributed by atoms with Crippen LogP contribution >= 0.6 is 0 Å². The number of carboxylic acids is 1. The molecule has 0 aromatic carbocycles. The number of aromatic nitrogens is 2. The zero-order valence-electron chi connectivity index (χ0n) is 16.1. The van der Waals surface area contributed by atoms with Crippen molar-refractivity contribution in [1.82, 2.24) is 4.57 Å². The maximum atomic E-state index is 11.2. The lowest BCUT2D eigenvalue weighted by molar-refractivity contribution is -0.719. The molecule has 138 valence electrons. The molecule has 0 aliphatic rings. The molecule has 0 N–H and O–H groups in total. The van der Waals surface area contributed by atoms with Crippen LogP contribution in [0.1, 0.15) is 95.6 Å². The molecule has 1 heterocycles. The minimum absolute atomic E-state index is 0.608. The Hall–Kier alpha value is -1.32. The maximum absolute atomic E-state index is 11.2. The van der Waals surface area contributed by atoms with Crippen LogP contribution in [0.15, 0.2) is 6.20 Å². The van der Waals surface area contributed by atoms with Crippen molar-refractivity contribution in [3.8, 4) is 0 Å². The van der Waals surface area contributed by atoms with Crippen LogP contribution in [0, 0.1) is 6.92 Å². The molecule has 1 aromatic heterocycles. The molecule has 0 saturated heterocycles. The van der Waals surface area contributed by atoms with E-state index < -0.39 is 12.0 Å². The van der Waals surface area contributed by atoms with Crippen molar-refractivity contribution in [2.45, 2.75) is 97.4 Å². The summed E-state index contributed by atoms with van der Waals surface area (Å²) in [6.45, 7) is 5.96. The Morgan fingerprint density at radius 3 is 2.08 bits per heavy atom. The molecule has 4 heteroatoms. The van der Waals surface area contributed by atoms with Crippen molar-refractivity contribution >= 4 is 5.97 Å². The van der Waals surface area contributed by atoms with E-state index in [2.05, 4.69) is 11.5 Å². The third-order valence-electron chi connectivity index (χ3n) is 5.05. The van der Waals surface area contributed by atoms with Crippen molar-refractivity contribution in [3.05, 3.63) is 17.7 Å². The highest BCUT2D eigenvalue weighted by Crippen LogP contribution is 2.13. The van der Waals surface area contributed by atoms with E-state index in [9.17, 15) is 9.90 Å². The van der Waals surface area contributed by atoms with Gasteiger partial charge in [-0.25, -0.2) is 9.13 Å². The topological polar surface area (TPSA) is 48.9 Å². The number of hydrogen-bond acceptors (Lipinski definition) is 2. The third kappa shape index (κ3) is 6.66. The predicted molar refractivity (Wildman–Crippen MR) is 95.6 cm³/mol. The number of carbonyl (C=O) groups excluding carboxylic acids is 1. The minimum Gasteiger partial charge on any atom is -0.546 e. The summed E-state index contributed by atoms with van der Waals surface area (Å²) in [5.74, 6) is 0.0682. The molecule has 24 heavy (non-hydrogen) atoms. The van der Waals surface area contributed by atoms with Gasteiger partial charge in [-0.15, -0.1) is 0 Å². The second kappa shape index (κ2) is 11.3. The lowest BCUT2D eigenvalue weighted by atomic mass is 10.1. The number of rotatable bonds is 13. The van der Waals surface area contributed by atoms with Gasteiger partial charge in [-0.3, -0.25) is 0 Å². The Bertz CT molecular complexity index is 494. The summed E-state index contributed by atoms with van der Waals surface area (Å²) in [4.78, 5) is 11.2. The standard InChI is InChI=1S/C20H36N2O2/c1-5-6-7-8-9-10-11-12-13-14-15-19-21(4)17(2)16-22(19)18(3)20(23)24/h16,18H,5-15H2,1-4H3. The van der Waals surface area contributed by atoms with Gasteiger partial charge < -0.3 is 9.90 Å². The highest BCUT2D eigenvalue weighted by molar-refractivity contribution is 5.66. The lowest BCUT2D eigenvalue weighted by Crippen LogP contribution is -2.49. The van der Waals surface area contributed by atoms with Crippen LogP contribution in [0.2, 0.25) is 0 Å². The van der Waals surface area contributed by atoms with Crippen LogP contribution in [0.3, 0.4) is 0 Å². The van der Waals surface area contributed by atoms with Crippen molar-refractivity contribution in [2.75, 3.05) is 0 Å². The van der Waals surface area contributed by atoms with Crippen LogP contribution in [0.4, 0.5) is 0 Å². The average molecular weight is 337 g/mol. The Morgan fingerprint density at radius 2 is 1.58 bits per heavy atom. The first-order valence-electron chi connectivity index (χ1n) is 9.76. The fraction of sp³-hybridized carbons (Fsp3) is 0.800. The van der Waals surface area contributed by atoms with Gasteiger partial charge in [0, 0.05) is 13.3 Å². The number of aliphatic carboxylic acids is 1. The summed E-state index contributed by atoms with van der Waals surface area (Å²) in [7, 11) is 2.01. The summed E-state index contributed by atoms with van der Waals surface area (Å²) >= 11 is 0. The molecule has 0 aliphatic carbocycles. The van der Waals surface area contributed by atoms with Crippen LogP contribution in [-0.2, 0) is 18.3 Å². The molecule has 0 radical (unpaired) electrons. The van der Waals surface area contributed by atoms with E-state index >= 15 is 0 Å². The fourth-order valence-corrected chi connectivity index (χ4v) is 3.26. The van der Waals surface area contributed by atoms with Gasteiger partial charge in [-0.05, 0) is 13.3 Å². The molecular weight excluding hydrogens is 300 g/mol. The number of carbonyl (C=O) groups is 1. The Balaban J connectivity index is 2.29. The molecule has 0 aliphatic heterocycles. The van der Waals surface area contributed by atoms with Gasteiger partial charge in [-0.2, -0.15) is 0 Å². The summed E-state index contributed by atoms with van der Waals surface area (Å²) in [5.41, 5.74) is 1.09. The maximum Gasteiger partial charge on any atom is 0.256 e. The number of hydrogen-bond donors (Lipinski definition) is 0. The predicted octanol–water partition coefficient (Wildman–Crippen LogP) is 3.40. The quantitative estimate of drug-likeness (QED) is 0.409. The van der Waals surface area contributed by atoms with Crippen molar-refractivity contribution in [3.63, 3.8) is 0 Å². The molecule has 1 unspecified atom stereocenters. The largest absolute Gasteiger partial charge is 0.546 e. The number of carboxylic acid groups (broad SMARTS) is 1. The molecule has 1 atom stereocenters. The van der Waals surface area contributed by atoms with E-state index in [4.69, 9.17) is 0 Å². The van der Waals surface area contributed by atoms with Gasteiger partial charge in [0.1, 0.15) is 17.9 Å². The third-order valence-corrected chi connectivity index (χ3v) is 5.05. The van der Waals surface area contributed by atoms with Crippen molar-refractivity contribution in [2.24, 2.45) is 7.05 Å². The van der Waals surface area contributed by atoms with Crippen molar-refractivity contribution in [1.29, 1.82) is 0 Å². The van der Waals surface area contributed by atoms with Gasteiger partial charge in [0.05, 0.1) is 13.0 Å². The number of unbranched alkanes of at least 4 members (excludes halogenated alkanes) is 9. The summed E-state index contributed by atoms with van der Waals surface area (Å²) in [6, 6.07) is -0.608. The van der Waals surface area contributed by atoms with Crippen LogP contribution in [0.25, 0.3) is 0 Å². The van der Waals surface area contributed by atoms with Crippen LogP contribution in [0.5, 0.6) is 0 Å². The normalized spacial score (nSPS) is 12.5. The van der Waals surface area contributed by atoms with E-state index in [1.807, 2.05) is 24.7 Å². The first kappa shape index (κ1) is 20.7. The van der Waals surface area contributed by atoms with Gasteiger partial charge in [0.15, 0.2) is 0 Å². The summed E-state index contributed by atoms with van der Waals surface area (Å²) in [6.07, 6.45) is 16.0. The highest BCUT2D eigenvalue weighted by Gasteiger charge is 2.22. The summed E-state index contributed by atoms with van der Waals surface area (Å²) in [5, 5.41) is 11.2. The zero-order chi connectivity index (χ0) is 17.9. The molecule has 0 amide bonds. The fourth-order valence-electron chi connectivity index (χ4n) is 3.26. The van der Waals surface area contributed by atoms with E-state index in [-0.39, 0.29) is 0 Å².